The van der Waals surface area contributed by atoms with Crippen molar-refractivity contribution < 1.29 is 9.53 Å². The standard InChI is InChI=1S/C13H15BrO2S/c1-10(13(15)16-8-9-17)2-3-11-4-6-12(14)7-5-11/h2,4-7,17H,3,8-9H2,1H3/b10-2+. The summed E-state index contributed by atoms with van der Waals surface area (Å²) in [5.41, 5.74) is 1.80. The summed E-state index contributed by atoms with van der Waals surface area (Å²) < 4.78 is 6.02. The maximum atomic E-state index is 11.4. The molecule has 0 aliphatic rings. The van der Waals surface area contributed by atoms with Crippen LogP contribution >= 0.6 is 28.6 Å². The summed E-state index contributed by atoms with van der Waals surface area (Å²) in [6.45, 7) is 2.12. The smallest absolute Gasteiger partial charge is 0.333 e. The molecule has 0 N–H and O–H groups in total. The lowest BCUT2D eigenvalue weighted by molar-refractivity contribution is -0.138. The molecule has 4 heteroatoms. The second-order valence-corrected chi connectivity index (χ2v) is 4.94. The molecule has 0 aliphatic carbocycles. The van der Waals surface area contributed by atoms with Gasteiger partial charge in [0.15, 0.2) is 0 Å². The van der Waals surface area contributed by atoms with Crippen molar-refractivity contribution in [1.29, 1.82) is 0 Å². The average molecular weight is 315 g/mol. The molecule has 0 saturated heterocycles. The van der Waals surface area contributed by atoms with Gasteiger partial charge >= 0.3 is 5.97 Å². The zero-order valence-electron chi connectivity index (χ0n) is 9.65. The minimum atomic E-state index is -0.267. The van der Waals surface area contributed by atoms with Gasteiger partial charge in [0.25, 0.3) is 0 Å². The number of halogens is 1. The molecule has 0 unspecified atom stereocenters. The number of rotatable bonds is 5. The molecule has 1 rings (SSSR count). The fourth-order valence-electron chi connectivity index (χ4n) is 1.23. The van der Waals surface area contributed by atoms with Crippen LogP contribution in [-0.4, -0.2) is 18.3 Å². The minimum absolute atomic E-state index is 0.267. The van der Waals surface area contributed by atoms with E-state index in [1.165, 1.54) is 0 Å². The van der Waals surface area contributed by atoms with Crippen LogP contribution < -0.4 is 0 Å². The Balaban J connectivity index is 2.52. The van der Waals surface area contributed by atoms with Crippen molar-refractivity contribution in [1.82, 2.24) is 0 Å². The number of ether oxygens (including phenoxy) is 1. The van der Waals surface area contributed by atoms with Crippen LogP contribution in [0.5, 0.6) is 0 Å². The maximum Gasteiger partial charge on any atom is 0.333 e. The van der Waals surface area contributed by atoms with Crippen molar-refractivity contribution in [2.75, 3.05) is 12.4 Å². The summed E-state index contributed by atoms with van der Waals surface area (Å²) in [5, 5.41) is 0. The van der Waals surface area contributed by atoms with Gasteiger partial charge in [0, 0.05) is 15.8 Å². The van der Waals surface area contributed by atoms with Crippen LogP contribution in [0.1, 0.15) is 12.5 Å². The third-order valence-electron chi connectivity index (χ3n) is 2.20. The van der Waals surface area contributed by atoms with Gasteiger partial charge in [-0.2, -0.15) is 12.6 Å². The summed E-state index contributed by atoms with van der Waals surface area (Å²) in [5.74, 6) is 0.280. The number of esters is 1. The Bertz CT molecular complexity index is 398. The summed E-state index contributed by atoms with van der Waals surface area (Å²) in [4.78, 5) is 11.4. The van der Waals surface area contributed by atoms with Gasteiger partial charge in [-0.25, -0.2) is 4.79 Å². The molecule has 17 heavy (non-hydrogen) atoms. The SMILES string of the molecule is C/C(=C\Cc1ccc(Br)cc1)C(=O)OCCS. The Hall–Kier alpha value is -0.740. The molecule has 0 spiro atoms. The van der Waals surface area contributed by atoms with Crippen LogP contribution in [0, 0.1) is 0 Å². The van der Waals surface area contributed by atoms with Crippen molar-refractivity contribution in [3.05, 3.63) is 46.0 Å². The minimum Gasteiger partial charge on any atom is -0.461 e. The highest BCUT2D eigenvalue weighted by Crippen LogP contribution is 2.12. The van der Waals surface area contributed by atoms with Crippen molar-refractivity contribution in [2.24, 2.45) is 0 Å². The number of carbonyl (C=O) groups excluding carboxylic acids is 1. The molecule has 0 saturated carbocycles. The van der Waals surface area contributed by atoms with E-state index in [1.807, 2.05) is 30.3 Å². The molecule has 0 radical (unpaired) electrons. The molecular weight excluding hydrogens is 300 g/mol. The second-order valence-electron chi connectivity index (χ2n) is 3.58. The van der Waals surface area contributed by atoms with Crippen LogP contribution in [0.3, 0.4) is 0 Å². The van der Waals surface area contributed by atoms with Crippen molar-refractivity contribution in [2.45, 2.75) is 13.3 Å². The fraction of sp³-hybridized carbons (Fsp3) is 0.308. The molecule has 2 nitrogen and oxygen atoms in total. The number of hydrogen-bond acceptors (Lipinski definition) is 3. The van der Waals surface area contributed by atoms with Gasteiger partial charge in [-0.1, -0.05) is 34.1 Å². The first kappa shape index (κ1) is 14.3. The molecule has 0 aliphatic heterocycles. The normalized spacial score (nSPS) is 11.4. The van der Waals surface area contributed by atoms with Gasteiger partial charge in [-0.05, 0) is 31.0 Å². The largest absolute Gasteiger partial charge is 0.461 e. The van der Waals surface area contributed by atoms with Crippen molar-refractivity contribution in [3.8, 4) is 0 Å². The summed E-state index contributed by atoms with van der Waals surface area (Å²) in [6, 6.07) is 8.01. The molecule has 0 heterocycles. The first-order valence-electron chi connectivity index (χ1n) is 5.32. The van der Waals surface area contributed by atoms with E-state index in [-0.39, 0.29) is 5.97 Å². The van der Waals surface area contributed by atoms with Crippen LogP contribution in [-0.2, 0) is 16.0 Å². The molecule has 92 valence electrons. The molecule has 1 aromatic rings. The molecular formula is C13H15BrO2S. The highest BCUT2D eigenvalue weighted by Gasteiger charge is 2.04. The van der Waals surface area contributed by atoms with E-state index in [9.17, 15) is 4.79 Å². The molecule has 0 amide bonds. The van der Waals surface area contributed by atoms with Gasteiger partial charge in [0.1, 0.15) is 6.61 Å². The zero-order chi connectivity index (χ0) is 12.7. The summed E-state index contributed by atoms with van der Waals surface area (Å²) in [6.07, 6.45) is 2.61. The fourth-order valence-corrected chi connectivity index (χ4v) is 1.58. The van der Waals surface area contributed by atoms with E-state index in [1.54, 1.807) is 6.92 Å². The molecule has 1 aromatic carbocycles. The van der Waals surface area contributed by atoms with Gasteiger partial charge in [-0.15, -0.1) is 0 Å². The van der Waals surface area contributed by atoms with Gasteiger partial charge in [0.05, 0.1) is 0 Å². The van der Waals surface area contributed by atoms with E-state index in [0.717, 1.165) is 16.5 Å². The number of thiol groups is 1. The third-order valence-corrected chi connectivity index (χ3v) is 2.91. The quantitative estimate of drug-likeness (QED) is 0.512. The number of benzene rings is 1. The monoisotopic (exact) mass is 314 g/mol. The van der Waals surface area contributed by atoms with Crippen LogP contribution in [0.15, 0.2) is 40.4 Å². The van der Waals surface area contributed by atoms with E-state index >= 15 is 0 Å². The molecule has 0 bridgehead atoms. The van der Waals surface area contributed by atoms with E-state index in [0.29, 0.717) is 17.9 Å². The Morgan fingerprint density at radius 2 is 2.06 bits per heavy atom. The highest BCUT2D eigenvalue weighted by atomic mass is 79.9. The lowest BCUT2D eigenvalue weighted by atomic mass is 10.1. The summed E-state index contributed by atoms with van der Waals surface area (Å²) >= 11 is 7.36. The molecule has 0 atom stereocenters. The first-order chi connectivity index (χ1) is 8.13. The third kappa shape index (κ3) is 5.41. The Morgan fingerprint density at radius 3 is 2.65 bits per heavy atom. The van der Waals surface area contributed by atoms with Crippen molar-refractivity contribution >= 4 is 34.5 Å². The summed E-state index contributed by atoms with van der Waals surface area (Å²) in [7, 11) is 0. The van der Waals surface area contributed by atoms with E-state index in [4.69, 9.17) is 4.74 Å². The Morgan fingerprint density at radius 1 is 1.41 bits per heavy atom. The van der Waals surface area contributed by atoms with Crippen LogP contribution in [0.4, 0.5) is 0 Å². The molecule has 0 fully saturated rings. The number of hydrogen-bond donors (Lipinski definition) is 1. The van der Waals surface area contributed by atoms with Crippen LogP contribution in [0.2, 0.25) is 0 Å². The first-order valence-corrected chi connectivity index (χ1v) is 6.75. The van der Waals surface area contributed by atoms with E-state index in [2.05, 4.69) is 28.6 Å². The lowest BCUT2D eigenvalue weighted by Crippen LogP contribution is -2.08. The lowest BCUT2D eigenvalue weighted by Gasteiger charge is -2.03. The Kier molecular flexibility index (Phi) is 6.37. The predicted molar refractivity (Wildman–Crippen MR) is 76.4 cm³/mol. The number of allylic oxidation sites excluding steroid dienone is 1. The van der Waals surface area contributed by atoms with Gasteiger partial charge in [0.2, 0.25) is 0 Å². The zero-order valence-corrected chi connectivity index (χ0v) is 12.1. The Labute approximate surface area is 116 Å². The average Bonchev–Trinajstić information content (AvgIpc) is 2.34. The van der Waals surface area contributed by atoms with Crippen molar-refractivity contribution in [3.63, 3.8) is 0 Å². The highest BCUT2D eigenvalue weighted by molar-refractivity contribution is 9.10. The van der Waals surface area contributed by atoms with Crippen LogP contribution in [0.25, 0.3) is 0 Å². The number of carbonyl (C=O) groups is 1. The second kappa shape index (κ2) is 7.56. The molecule has 0 aromatic heterocycles. The van der Waals surface area contributed by atoms with E-state index < -0.39 is 0 Å². The topological polar surface area (TPSA) is 26.3 Å². The van der Waals surface area contributed by atoms with Gasteiger partial charge < -0.3 is 4.74 Å². The van der Waals surface area contributed by atoms with Gasteiger partial charge in [-0.3, -0.25) is 0 Å². The maximum absolute atomic E-state index is 11.4. The predicted octanol–water partition coefficient (Wildman–Crippen LogP) is 3.41.